The summed E-state index contributed by atoms with van der Waals surface area (Å²) in [4.78, 5) is 32.8. The van der Waals surface area contributed by atoms with Gasteiger partial charge in [-0.05, 0) is 36.6 Å². The Hall–Kier alpha value is -2.85. The zero-order valence-electron chi connectivity index (χ0n) is 15.3. The maximum Gasteiger partial charge on any atom is 0.343 e. The lowest BCUT2D eigenvalue weighted by Crippen LogP contribution is -2.41. The van der Waals surface area contributed by atoms with Gasteiger partial charge in [-0.3, -0.25) is 0 Å². The summed E-state index contributed by atoms with van der Waals surface area (Å²) in [7, 11) is -0.530. The molecule has 10 heteroatoms. The van der Waals surface area contributed by atoms with E-state index in [1.54, 1.807) is 47.7 Å². The summed E-state index contributed by atoms with van der Waals surface area (Å²) in [5.41, 5.74) is 2.30. The van der Waals surface area contributed by atoms with Crippen LogP contribution in [0.3, 0.4) is 0 Å². The smallest absolute Gasteiger partial charge is 0.343 e. The summed E-state index contributed by atoms with van der Waals surface area (Å²) in [6.07, 6.45) is 3.14. The zero-order chi connectivity index (χ0) is 20.3. The van der Waals surface area contributed by atoms with Crippen LogP contribution in [0.1, 0.15) is 23.7 Å². The average molecular weight is 408 g/mol. The van der Waals surface area contributed by atoms with Crippen molar-refractivity contribution < 1.29 is 32.4 Å². The molecule has 0 radical (unpaired) electrons. The number of sulfone groups is 1. The number of aryl methyl sites for hydroxylation is 1. The van der Waals surface area contributed by atoms with Crippen LogP contribution in [0.15, 0.2) is 47.6 Å². The highest BCUT2D eigenvalue weighted by Crippen LogP contribution is 2.35. The third kappa shape index (κ3) is 4.02. The number of rotatable bonds is 7. The standard InChI is InChI=1S/C18H20N2O7S/c1-20-10-9-14(11-20)28(23,24)16(12-3-5-13(25-2)6-4-12)8-7-15-17(21)26-19-27-18(15)22/h3-6,9-11,15-16,19H,7-8H2,1-2H3. The van der Waals surface area contributed by atoms with Gasteiger partial charge >= 0.3 is 11.9 Å². The lowest BCUT2D eigenvalue weighted by molar-refractivity contribution is -0.223. The largest absolute Gasteiger partial charge is 0.497 e. The first-order valence-corrected chi connectivity index (χ1v) is 10.0. The van der Waals surface area contributed by atoms with Crippen LogP contribution in [-0.4, -0.2) is 32.0 Å². The second-order valence-corrected chi connectivity index (χ2v) is 8.51. The zero-order valence-corrected chi connectivity index (χ0v) is 16.1. The highest BCUT2D eigenvalue weighted by molar-refractivity contribution is 7.91. The van der Waals surface area contributed by atoms with Crippen LogP contribution in [0.5, 0.6) is 5.75 Å². The third-order valence-corrected chi connectivity index (χ3v) is 6.72. The lowest BCUT2D eigenvalue weighted by Gasteiger charge is -2.22. The van der Waals surface area contributed by atoms with E-state index in [-0.39, 0.29) is 17.7 Å². The first kappa shape index (κ1) is 19.9. The molecule has 0 bridgehead atoms. The van der Waals surface area contributed by atoms with Crippen LogP contribution < -0.4 is 10.4 Å². The Kier molecular flexibility index (Phi) is 5.71. The van der Waals surface area contributed by atoms with Gasteiger partial charge in [0.05, 0.1) is 17.3 Å². The Morgan fingerprint density at radius 2 is 1.79 bits per heavy atom. The van der Waals surface area contributed by atoms with Crippen molar-refractivity contribution in [2.45, 2.75) is 23.0 Å². The molecule has 2 heterocycles. The molecule has 1 aromatic heterocycles. The second-order valence-electron chi connectivity index (χ2n) is 6.37. The molecule has 9 nitrogen and oxygen atoms in total. The minimum atomic E-state index is -3.77. The van der Waals surface area contributed by atoms with Gasteiger partial charge in [-0.1, -0.05) is 12.1 Å². The lowest BCUT2D eigenvalue weighted by atomic mass is 9.99. The van der Waals surface area contributed by atoms with Crippen LogP contribution in [0, 0.1) is 5.92 Å². The molecule has 3 rings (SSSR count). The predicted molar refractivity (Wildman–Crippen MR) is 96.4 cm³/mol. The molecule has 1 unspecified atom stereocenters. The summed E-state index contributed by atoms with van der Waals surface area (Å²) in [6.45, 7) is 0. The molecule has 0 aliphatic carbocycles. The SMILES string of the molecule is COc1ccc(C(CCC2C(=O)ONOC2=O)S(=O)(=O)c2ccn(C)c2)cc1. The van der Waals surface area contributed by atoms with Crippen molar-refractivity contribution >= 4 is 21.8 Å². The minimum absolute atomic E-state index is 0.0262. The van der Waals surface area contributed by atoms with Crippen molar-refractivity contribution in [1.29, 1.82) is 0 Å². The van der Waals surface area contributed by atoms with E-state index in [4.69, 9.17) is 4.74 Å². The molecule has 1 N–H and O–H groups in total. The normalized spacial score (nSPS) is 16.4. The highest BCUT2D eigenvalue weighted by atomic mass is 32.2. The van der Waals surface area contributed by atoms with Gasteiger partial charge in [0.15, 0.2) is 15.8 Å². The van der Waals surface area contributed by atoms with Crippen molar-refractivity contribution in [1.82, 2.24) is 10.2 Å². The van der Waals surface area contributed by atoms with Crippen LogP contribution in [0.25, 0.3) is 0 Å². The predicted octanol–water partition coefficient (Wildman–Crippen LogP) is 1.46. The van der Waals surface area contributed by atoms with Crippen molar-refractivity contribution in [2.24, 2.45) is 13.0 Å². The summed E-state index contributed by atoms with van der Waals surface area (Å²) in [5.74, 6) is -2.21. The molecular formula is C18H20N2O7S. The van der Waals surface area contributed by atoms with Gasteiger partial charge in [0.2, 0.25) is 0 Å². The van der Waals surface area contributed by atoms with Gasteiger partial charge < -0.3 is 19.0 Å². The third-order valence-electron chi connectivity index (χ3n) is 4.57. The number of hydrogen-bond acceptors (Lipinski definition) is 8. The van der Waals surface area contributed by atoms with E-state index in [0.29, 0.717) is 11.3 Å². The molecule has 28 heavy (non-hydrogen) atoms. The van der Waals surface area contributed by atoms with Crippen molar-refractivity contribution in [3.63, 3.8) is 0 Å². The van der Waals surface area contributed by atoms with Crippen molar-refractivity contribution in [3.8, 4) is 5.75 Å². The number of carbonyl (C=O) groups is 2. The van der Waals surface area contributed by atoms with Gasteiger partial charge in [-0.15, -0.1) is 0 Å². The molecule has 0 saturated carbocycles. The Bertz CT molecular complexity index is 950. The molecule has 1 fully saturated rings. The number of benzene rings is 1. The Balaban J connectivity index is 1.92. The Morgan fingerprint density at radius 1 is 1.14 bits per heavy atom. The minimum Gasteiger partial charge on any atom is -0.497 e. The summed E-state index contributed by atoms with van der Waals surface area (Å²) >= 11 is 0. The van der Waals surface area contributed by atoms with Gasteiger partial charge in [-0.2, -0.15) is 0 Å². The number of ether oxygens (including phenoxy) is 1. The summed E-state index contributed by atoms with van der Waals surface area (Å²) < 4.78 is 33.3. The monoisotopic (exact) mass is 408 g/mol. The van der Waals surface area contributed by atoms with Gasteiger partial charge in [0.25, 0.3) is 0 Å². The fourth-order valence-electron chi connectivity index (χ4n) is 3.03. The van der Waals surface area contributed by atoms with Crippen LogP contribution in [0.2, 0.25) is 0 Å². The topological polar surface area (TPSA) is 113 Å². The van der Waals surface area contributed by atoms with E-state index >= 15 is 0 Å². The molecule has 150 valence electrons. The molecule has 2 aromatic rings. The number of hydrogen-bond donors (Lipinski definition) is 1. The molecule has 1 aromatic carbocycles. The fraction of sp³-hybridized carbons (Fsp3) is 0.333. The van der Waals surface area contributed by atoms with Crippen LogP contribution >= 0.6 is 0 Å². The fourth-order valence-corrected chi connectivity index (χ4v) is 4.88. The van der Waals surface area contributed by atoms with E-state index in [1.165, 1.54) is 19.4 Å². The number of nitrogens with zero attached hydrogens (tertiary/aromatic N) is 1. The Morgan fingerprint density at radius 3 is 2.32 bits per heavy atom. The van der Waals surface area contributed by atoms with E-state index < -0.39 is 32.9 Å². The number of methoxy groups -OCH3 is 1. The first-order valence-electron chi connectivity index (χ1n) is 8.49. The molecule has 1 atom stereocenters. The van der Waals surface area contributed by atoms with E-state index in [1.807, 2.05) is 0 Å². The summed E-state index contributed by atoms with van der Waals surface area (Å²) in [6, 6.07) is 8.15. The first-order chi connectivity index (χ1) is 13.3. The second kappa shape index (κ2) is 8.03. The molecule has 1 aliphatic rings. The van der Waals surface area contributed by atoms with Gasteiger partial charge in [-0.25, -0.2) is 18.0 Å². The quantitative estimate of drug-likeness (QED) is 0.685. The maximum absolute atomic E-state index is 13.2. The molecule has 1 saturated heterocycles. The molecule has 0 spiro atoms. The van der Waals surface area contributed by atoms with Crippen LogP contribution in [0.4, 0.5) is 0 Å². The highest BCUT2D eigenvalue weighted by Gasteiger charge is 2.38. The van der Waals surface area contributed by atoms with E-state index in [0.717, 1.165) is 0 Å². The van der Waals surface area contributed by atoms with Gasteiger partial charge in [0, 0.05) is 25.1 Å². The number of carbonyl (C=O) groups excluding carboxylic acids is 2. The van der Waals surface area contributed by atoms with Crippen LogP contribution in [-0.2, 0) is 36.1 Å². The molecule has 1 aliphatic heterocycles. The summed E-state index contributed by atoms with van der Waals surface area (Å²) in [5, 5.41) is -0.962. The van der Waals surface area contributed by atoms with E-state index in [2.05, 4.69) is 9.68 Å². The Labute approximate surface area is 162 Å². The number of aromatic nitrogens is 1. The van der Waals surface area contributed by atoms with Crippen molar-refractivity contribution in [2.75, 3.05) is 7.11 Å². The maximum atomic E-state index is 13.2. The molecular weight excluding hydrogens is 388 g/mol. The average Bonchev–Trinajstić information content (AvgIpc) is 3.11. The van der Waals surface area contributed by atoms with Crippen molar-refractivity contribution in [3.05, 3.63) is 48.3 Å². The number of nitrogens with one attached hydrogen (secondary N) is 1. The molecule has 0 amide bonds. The van der Waals surface area contributed by atoms with Gasteiger partial charge in [0.1, 0.15) is 5.75 Å². The van der Waals surface area contributed by atoms with E-state index in [9.17, 15) is 18.0 Å².